The number of carbonyl (C=O) groups excluding carboxylic acids is 2. The smallest absolute Gasteiger partial charge is 0.312 e. The maximum atomic E-state index is 13.1. The molecule has 0 aromatic heterocycles. The molecule has 2 amide bonds. The first-order valence-corrected chi connectivity index (χ1v) is 9.46. The van der Waals surface area contributed by atoms with Crippen LogP contribution in [-0.4, -0.2) is 40.4 Å². The van der Waals surface area contributed by atoms with Gasteiger partial charge in [-0.05, 0) is 36.6 Å². The summed E-state index contributed by atoms with van der Waals surface area (Å²) in [5.74, 6) is -3.05. The Morgan fingerprint density at radius 2 is 1.83 bits per heavy atom. The van der Waals surface area contributed by atoms with Gasteiger partial charge in [0.05, 0.1) is 5.92 Å². The van der Waals surface area contributed by atoms with Gasteiger partial charge >= 0.3 is 5.97 Å². The van der Waals surface area contributed by atoms with Gasteiger partial charge in [-0.2, -0.15) is 0 Å². The third kappa shape index (κ3) is 4.99. The lowest BCUT2D eigenvalue weighted by molar-refractivity contribution is -0.139. The maximum Gasteiger partial charge on any atom is 0.312 e. The molecule has 152 valence electrons. The van der Waals surface area contributed by atoms with E-state index in [1.807, 2.05) is 31.2 Å². The number of carboxylic acid groups (broad SMARTS) is 1. The van der Waals surface area contributed by atoms with Crippen molar-refractivity contribution < 1.29 is 23.9 Å². The number of nitrogens with zero attached hydrogens (tertiary/aromatic N) is 1. The monoisotopic (exact) mass is 398 g/mol. The van der Waals surface area contributed by atoms with Crippen molar-refractivity contribution >= 4 is 17.8 Å². The van der Waals surface area contributed by atoms with Crippen LogP contribution in [0.3, 0.4) is 0 Å². The van der Waals surface area contributed by atoms with Crippen molar-refractivity contribution in [2.45, 2.75) is 38.3 Å². The van der Waals surface area contributed by atoms with Gasteiger partial charge in [-0.25, -0.2) is 4.39 Å². The highest BCUT2D eigenvalue weighted by molar-refractivity contribution is 5.91. The number of rotatable bonds is 7. The van der Waals surface area contributed by atoms with Gasteiger partial charge in [0, 0.05) is 19.5 Å². The van der Waals surface area contributed by atoms with Gasteiger partial charge in [-0.1, -0.05) is 42.0 Å². The van der Waals surface area contributed by atoms with Gasteiger partial charge < -0.3 is 15.3 Å². The molecule has 1 aliphatic heterocycles. The molecule has 1 fully saturated rings. The van der Waals surface area contributed by atoms with Crippen LogP contribution in [0.4, 0.5) is 4.39 Å². The first-order valence-electron chi connectivity index (χ1n) is 9.46. The van der Waals surface area contributed by atoms with Crippen molar-refractivity contribution in [2.75, 3.05) is 6.54 Å². The van der Waals surface area contributed by atoms with E-state index in [-0.39, 0.29) is 24.8 Å². The minimum Gasteiger partial charge on any atom is -0.481 e. The Hall–Kier alpha value is -3.22. The fourth-order valence-electron chi connectivity index (χ4n) is 3.46. The number of amides is 2. The number of nitrogens with one attached hydrogen (secondary N) is 1. The van der Waals surface area contributed by atoms with Crippen LogP contribution < -0.4 is 5.32 Å². The number of carbonyl (C=O) groups is 3. The second-order valence-electron chi connectivity index (χ2n) is 7.25. The van der Waals surface area contributed by atoms with Crippen molar-refractivity contribution in [1.29, 1.82) is 0 Å². The molecule has 29 heavy (non-hydrogen) atoms. The molecule has 1 aliphatic rings. The van der Waals surface area contributed by atoms with E-state index in [9.17, 15) is 23.9 Å². The van der Waals surface area contributed by atoms with Gasteiger partial charge in [0.2, 0.25) is 11.8 Å². The summed E-state index contributed by atoms with van der Waals surface area (Å²) in [7, 11) is 0. The Labute approximate surface area is 168 Å². The van der Waals surface area contributed by atoms with Crippen molar-refractivity contribution in [3.8, 4) is 0 Å². The van der Waals surface area contributed by atoms with E-state index < -0.39 is 23.7 Å². The molecule has 2 aromatic carbocycles. The Kier molecular flexibility index (Phi) is 6.26. The van der Waals surface area contributed by atoms with Crippen LogP contribution in [0, 0.1) is 12.7 Å². The van der Waals surface area contributed by atoms with Gasteiger partial charge in [0.1, 0.15) is 11.9 Å². The Morgan fingerprint density at radius 3 is 2.45 bits per heavy atom. The number of carboxylic acids is 1. The number of halogens is 1. The highest BCUT2D eigenvalue weighted by Gasteiger charge is 2.36. The number of likely N-dealkylation sites (tertiary alicyclic amines) is 1. The van der Waals surface area contributed by atoms with E-state index in [0.29, 0.717) is 18.5 Å². The predicted octanol–water partition coefficient (Wildman–Crippen LogP) is 2.61. The lowest BCUT2D eigenvalue weighted by Crippen LogP contribution is -2.45. The summed E-state index contributed by atoms with van der Waals surface area (Å²) in [6.45, 7) is 2.17. The summed E-state index contributed by atoms with van der Waals surface area (Å²) in [5, 5.41) is 12.1. The molecule has 7 heteroatoms. The fourth-order valence-corrected chi connectivity index (χ4v) is 3.46. The highest BCUT2D eigenvalue weighted by Crippen LogP contribution is 2.23. The van der Waals surface area contributed by atoms with Crippen LogP contribution in [0.2, 0.25) is 0 Å². The topological polar surface area (TPSA) is 86.7 Å². The lowest BCUT2D eigenvalue weighted by atomic mass is 9.99. The van der Waals surface area contributed by atoms with Crippen LogP contribution in [0.25, 0.3) is 0 Å². The van der Waals surface area contributed by atoms with Gasteiger partial charge in [0.15, 0.2) is 0 Å². The molecule has 0 radical (unpaired) electrons. The summed E-state index contributed by atoms with van der Waals surface area (Å²) in [6, 6.07) is 12.3. The Morgan fingerprint density at radius 1 is 1.17 bits per heavy atom. The minimum absolute atomic E-state index is 0.0981. The molecule has 1 saturated heterocycles. The van der Waals surface area contributed by atoms with E-state index in [1.165, 1.54) is 29.2 Å². The minimum atomic E-state index is -1.11. The van der Waals surface area contributed by atoms with E-state index in [0.717, 1.165) is 11.1 Å². The number of aryl methyl sites for hydroxylation is 1. The van der Waals surface area contributed by atoms with E-state index in [1.54, 1.807) is 0 Å². The van der Waals surface area contributed by atoms with Gasteiger partial charge in [-0.15, -0.1) is 0 Å². The zero-order valence-corrected chi connectivity index (χ0v) is 16.1. The molecule has 2 N–H and O–H groups in total. The van der Waals surface area contributed by atoms with Crippen molar-refractivity contribution in [2.24, 2.45) is 0 Å². The normalized spacial score (nSPS) is 17.2. The van der Waals surface area contributed by atoms with Crippen LogP contribution >= 0.6 is 0 Å². The average molecular weight is 398 g/mol. The molecule has 0 spiro atoms. The predicted molar refractivity (Wildman–Crippen MR) is 105 cm³/mol. The largest absolute Gasteiger partial charge is 0.481 e. The first kappa shape index (κ1) is 20.5. The molecule has 2 unspecified atom stereocenters. The SMILES string of the molecule is Cc1ccc(CN2C(=O)CCC2C(=O)NCC(C(=O)O)c2ccc(F)cc2)cc1. The molecular weight excluding hydrogens is 375 g/mol. The van der Waals surface area contributed by atoms with Crippen molar-refractivity contribution in [3.05, 3.63) is 71.0 Å². The second kappa shape index (κ2) is 8.86. The lowest BCUT2D eigenvalue weighted by Gasteiger charge is -2.25. The van der Waals surface area contributed by atoms with Crippen molar-refractivity contribution in [3.63, 3.8) is 0 Å². The van der Waals surface area contributed by atoms with Crippen LogP contribution in [0.15, 0.2) is 48.5 Å². The molecule has 0 bridgehead atoms. The number of hydrogen-bond acceptors (Lipinski definition) is 3. The van der Waals surface area contributed by atoms with E-state index in [2.05, 4.69) is 5.32 Å². The zero-order chi connectivity index (χ0) is 21.0. The highest BCUT2D eigenvalue weighted by atomic mass is 19.1. The maximum absolute atomic E-state index is 13.1. The molecule has 6 nitrogen and oxygen atoms in total. The quantitative estimate of drug-likeness (QED) is 0.751. The molecule has 0 aliphatic carbocycles. The third-order valence-electron chi connectivity index (χ3n) is 5.16. The summed E-state index contributed by atoms with van der Waals surface area (Å²) in [4.78, 5) is 38.1. The van der Waals surface area contributed by atoms with Gasteiger partial charge in [-0.3, -0.25) is 14.4 Å². The Balaban J connectivity index is 1.66. The number of benzene rings is 2. The molecule has 2 aromatic rings. The van der Waals surface area contributed by atoms with E-state index in [4.69, 9.17) is 0 Å². The number of hydrogen-bond donors (Lipinski definition) is 2. The van der Waals surface area contributed by atoms with Crippen LogP contribution in [0.5, 0.6) is 0 Å². The molecule has 1 heterocycles. The second-order valence-corrected chi connectivity index (χ2v) is 7.25. The number of aliphatic carboxylic acids is 1. The summed E-state index contributed by atoms with van der Waals surface area (Å²) < 4.78 is 13.1. The van der Waals surface area contributed by atoms with Crippen LogP contribution in [0.1, 0.15) is 35.4 Å². The summed E-state index contributed by atoms with van der Waals surface area (Å²) in [5.41, 5.74) is 2.44. The molecule has 2 atom stereocenters. The zero-order valence-electron chi connectivity index (χ0n) is 16.1. The Bertz CT molecular complexity index is 896. The van der Waals surface area contributed by atoms with E-state index >= 15 is 0 Å². The average Bonchev–Trinajstić information content (AvgIpc) is 3.05. The first-order chi connectivity index (χ1) is 13.8. The standard InChI is InChI=1S/C22H23FN2O4/c1-14-2-4-15(5-3-14)13-25-19(10-11-20(25)26)21(27)24-12-18(22(28)29)16-6-8-17(23)9-7-16/h2-9,18-19H,10-13H2,1H3,(H,24,27)(H,28,29). The van der Waals surface area contributed by atoms with Gasteiger partial charge in [0.25, 0.3) is 0 Å². The summed E-state index contributed by atoms with van der Waals surface area (Å²) in [6.07, 6.45) is 0.676. The fraction of sp³-hybridized carbons (Fsp3) is 0.318. The molecule has 0 saturated carbocycles. The molecule has 3 rings (SSSR count). The third-order valence-corrected chi connectivity index (χ3v) is 5.16. The van der Waals surface area contributed by atoms with Crippen molar-refractivity contribution in [1.82, 2.24) is 10.2 Å². The van der Waals surface area contributed by atoms with Crippen LogP contribution in [-0.2, 0) is 20.9 Å². The molecular formula is C22H23FN2O4. The summed E-state index contributed by atoms with van der Waals surface area (Å²) >= 11 is 0.